The van der Waals surface area contributed by atoms with Gasteiger partial charge in [0.2, 0.25) is 11.8 Å². The molecule has 1 heterocycles. The van der Waals surface area contributed by atoms with Gasteiger partial charge in [0.1, 0.15) is 0 Å². The van der Waals surface area contributed by atoms with E-state index in [1.807, 2.05) is 32.0 Å². The number of fused-ring (bicyclic) bond motifs is 1. The van der Waals surface area contributed by atoms with Gasteiger partial charge >= 0.3 is 0 Å². The normalized spacial score (nSPS) is 20.8. The Balaban J connectivity index is 1.77. The van der Waals surface area contributed by atoms with Crippen molar-refractivity contribution < 1.29 is 9.59 Å². The minimum absolute atomic E-state index is 0.00765. The molecule has 3 rings (SSSR count). The fraction of sp³-hybridized carbons (Fsp3) is 0.529. The van der Waals surface area contributed by atoms with Crippen LogP contribution in [-0.2, 0) is 15.0 Å². The molecule has 0 aromatic heterocycles. The van der Waals surface area contributed by atoms with Gasteiger partial charge in [0.05, 0.1) is 5.41 Å². The number of amides is 2. The van der Waals surface area contributed by atoms with Gasteiger partial charge in [0.25, 0.3) is 0 Å². The van der Waals surface area contributed by atoms with Crippen molar-refractivity contribution in [3.05, 3.63) is 23.8 Å². The summed E-state index contributed by atoms with van der Waals surface area (Å²) in [5.41, 5.74) is 2.05. The summed E-state index contributed by atoms with van der Waals surface area (Å²) in [5.74, 6) is 0.262. The second kappa shape index (κ2) is 5.17. The first-order valence-electron chi connectivity index (χ1n) is 7.75. The van der Waals surface area contributed by atoms with E-state index in [0.717, 1.165) is 42.6 Å². The van der Waals surface area contributed by atoms with Gasteiger partial charge in [0.15, 0.2) is 0 Å². The average molecular weight is 286 g/mol. The number of nitrogens with one attached hydrogen (secondary N) is 2. The maximum Gasteiger partial charge on any atom is 0.234 e. The molecule has 1 aliphatic heterocycles. The van der Waals surface area contributed by atoms with Crippen LogP contribution in [0.5, 0.6) is 0 Å². The van der Waals surface area contributed by atoms with Crippen LogP contribution in [0, 0.1) is 5.92 Å². The number of carbonyl (C=O) groups excluding carboxylic acids is 2. The van der Waals surface area contributed by atoms with E-state index in [0.29, 0.717) is 0 Å². The Hall–Kier alpha value is -1.84. The maximum absolute atomic E-state index is 12.3. The standard InChI is InChI=1S/C17H22N2O2/c1-17(2)13-10-12(8-9-14(13)19-16(17)21)18-15(20)11-6-4-3-5-7-11/h8-11H,3-7H2,1-2H3,(H,18,20)(H,19,21). The minimum Gasteiger partial charge on any atom is -0.326 e. The molecule has 0 unspecified atom stereocenters. The zero-order valence-corrected chi connectivity index (χ0v) is 12.7. The molecule has 0 spiro atoms. The molecule has 2 amide bonds. The summed E-state index contributed by atoms with van der Waals surface area (Å²) in [6.07, 6.45) is 5.51. The zero-order valence-electron chi connectivity index (χ0n) is 12.7. The van der Waals surface area contributed by atoms with E-state index in [9.17, 15) is 9.59 Å². The van der Waals surface area contributed by atoms with Crippen molar-refractivity contribution in [2.24, 2.45) is 5.92 Å². The smallest absolute Gasteiger partial charge is 0.234 e. The maximum atomic E-state index is 12.3. The summed E-state index contributed by atoms with van der Waals surface area (Å²) in [7, 11) is 0. The van der Waals surface area contributed by atoms with E-state index >= 15 is 0 Å². The van der Waals surface area contributed by atoms with E-state index in [-0.39, 0.29) is 17.7 Å². The Kier molecular flexibility index (Phi) is 3.47. The summed E-state index contributed by atoms with van der Waals surface area (Å²) in [6, 6.07) is 5.66. The molecule has 4 nitrogen and oxygen atoms in total. The number of hydrogen-bond donors (Lipinski definition) is 2. The molecule has 1 fully saturated rings. The topological polar surface area (TPSA) is 58.2 Å². The molecule has 1 aromatic rings. The predicted octanol–water partition coefficient (Wildman–Crippen LogP) is 3.44. The van der Waals surface area contributed by atoms with Crippen LogP contribution in [-0.4, -0.2) is 11.8 Å². The molecule has 0 atom stereocenters. The monoisotopic (exact) mass is 286 g/mol. The second-order valence-corrected chi connectivity index (χ2v) is 6.66. The van der Waals surface area contributed by atoms with Crippen LogP contribution in [0.25, 0.3) is 0 Å². The van der Waals surface area contributed by atoms with E-state index in [1.54, 1.807) is 0 Å². The van der Waals surface area contributed by atoms with E-state index < -0.39 is 5.41 Å². The van der Waals surface area contributed by atoms with Gasteiger partial charge in [-0.15, -0.1) is 0 Å². The van der Waals surface area contributed by atoms with Crippen LogP contribution in [0.3, 0.4) is 0 Å². The molecule has 21 heavy (non-hydrogen) atoms. The number of benzene rings is 1. The summed E-state index contributed by atoms with van der Waals surface area (Å²) >= 11 is 0. The van der Waals surface area contributed by atoms with E-state index in [2.05, 4.69) is 10.6 Å². The lowest BCUT2D eigenvalue weighted by Gasteiger charge is -2.21. The molecule has 0 saturated heterocycles. The molecule has 0 radical (unpaired) electrons. The van der Waals surface area contributed by atoms with Crippen molar-refractivity contribution in [1.29, 1.82) is 0 Å². The van der Waals surface area contributed by atoms with Gasteiger partial charge in [-0.25, -0.2) is 0 Å². The Morgan fingerprint density at radius 2 is 1.95 bits per heavy atom. The average Bonchev–Trinajstić information content (AvgIpc) is 2.70. The van der Waals surface area contributed by atoms with Crippen molar-refractivity contribution in [3.63, 3.8) is 0 Å². The number of hydrogen-bond acceptors (Lipinski definition) is 2. The molecule has 2 aliphatic rings. The third-order valence-electron chi connectivity index (χ3n) is 4.75. The summed E-state index contributed by atoms with van der Waals surface area (Å²) < 4.78 is 0. The van der Waals surface area contributed by atoms with Crippen molar-refractivity contribution in [2.45, 2.75) is 51.4 Å². The predicted molar refractivity (Wildman–Crippen MR) is 83.3 cm³/mol. The summed E-state index contributed by atoms with van der Waals surface area (Å²) in [5, 5.41) is 5.90. The number of anilines is 2. The van der Waals surface area contributed by atoms with Gasteiger partial charge in [-0.2, -0.15) is 0 Å². The lowest BCUT2D eigenvalue weighted by molar-refractivity contribution is -0.121. The zero-order chi connectivity index (χ0) is 15.0. The van der Waals surface area contributed by atoms with Gasteiger partial charge in [-0.05, 0) is 50.5 Å². The van der Waals surface area contributed by atoms with Crippen molar-refractivity contribution in [3.8, 4) is 0 Å². The molecule has 1 aliphatic carbocycles. The molecule has 112 valence electrons. The highest BCUT2D eigenvalue weighted by atomic mass is 16.2. The van der Waals surface area contributed by atoms with Gasteiger partial charge in [-0.3, -0.25) is 9.59 Å². The lowest BCUT2D eigenvalue weighted by atomic mass is 9.86. The SMILES string of the molecule is CC1(C)C(=O)Nc2ccc(NC(=O)C3CCCCC3)cc21. The van der Waals surface area contributed by atoms with Crippen LogP contribution >= 0.6 is 0 Å². The molecular weight excluding hydrogens is 264 g/mol. The molecule has 0 bridgehead atoms. The first kappa shape index (κ1) is 14.1. The van der Waals surface area contributed by atoms with Crippen LogP contribution in [0.15, 0.2) is 18.2 Å². The third kappa shape index (κ3) is 2.55. The molecule has 1 saturated carbocycles. The molecule has 2 N–H and O–H groups in total. The van der Waals surface area contributed by atoms with E-state index in [1.165, 1.54) is 6.42 Å². The fourth-order valence-corrected chi connectivity index (χ4v) is 3.26. The number of carbonyl (C=O) groups is 2. The quantitative estimate of drug-likeness (QED) is 0.875. The van der Waals surface area contributed by atoms with Gasteiger partial charge in [0, 0.05) is 17.3 Å². The lowest BCUT2D eigenvalue weighted by Crippen LogP contribution is -2.27. The highest BCUT2D eigenvalue weighted by Crippen LogP contribution is 2.38. The van der Waals surface area contributed by atoms with Crippen molar-refractivity contribution >= 4 is 23.2 Å². The fourth-order valence-electron chi connectivity index (χ4n) is 3.26. The van der Waals surface area contributed by atoms with E-state index in [4.69, 9.17) is 0 Å². The summed E-state index contributed by atoms with van der Waals surface area (Å²) in [4.78, 5) is 24.2. The Labute approximate surface area is 125 Å². The van der Waals surface area contributed by atoms with Crippen LogP contribution in [0.4, 0.5) is 11.4 Å². The Bertz CT molecular complexity index is 586. The van der Waals surface area contributed by atoms with Crippen molar-refractivity contribution in [2.75, 3.05) is 10.6 Å². The Morgan fingerprint density at radius 3 is 2.67 bits per heavy atom. The second-order valence-electron chi connectivity index (χ2n) is 6.66. The largest absolute Gasteiger partial charge is 0.326 e. The first-order valence-corrected chi connectivity index (χ1v) is 7.75. The van der Waals surface area contributed by atoms with Crippen LogP contribution < -0.4 is 10.6 Å². The summed E-state index contributed by atoms with van der Waals surface area (Å²) in [6.45, 7) is 3.81. The van der Waals surface area contributed by atoms with Crippen LogP contribution in [0.2, 0.25) is 0 Å². The minimum atomic E-state index is -0.541. The molecule has 4 heteroatoms. The molecule has 1 aromatic carbocycles. The Morgan fingerprint density at radius 1 is 1.24 bits per heavy atom. The highest BCUT2D eigenvalue weighted by Gasteiger charge is 2.38. The van der Waals surface area contributed by atoms with Crippen molar-refractivity contribution in [1.82, 2.24) is 0 Å². The number of rotatable bonds is 2. The third-order valence-corrected chi connectivity index (χ3v) is 4.75. The van der Waals surface area contributed by atoms with Gasteiger partial charge < -0.3 is 10.6 Å². The first-order chi connectivity index (χ1) is 9.98. The van der Waals surface area contributed by atoms with Gasteiger partial charge in [-0.1, -0.05) is 19.3 Å². The highest BCUT2D eigenvalue weighted by molar-refractivity contribution is 6.06. The molecular formula is C17H22N2O2. The van der Waals surface area contributed by atoms with Crippen LogP contribution in [0.1, 0.15) is 51.5 Å².